The van der Waals surface area contributed by atoms with Gasteiger partial charge < -0.3 is 15.2 Å². The maximum atomic E-state index is 8.91. The number of hydrogen-bond acceptors (Lipinski definition) is 6. The summed E-state index contributed by atoms with van der Waals surface area (Å²) in [7, 11) is 0. The van der Waals surface area contributed by atoms with Crippen molar-refractivity contribution in [3.05, 3.63) is 72.9 Å². The summed E-state index contributed by atoms with van der Waals surface area (Å²) < 4.78 is 6.85. The van der Waals surface area contributed by atoms with Crippen molar-refractivity contribution in [3.63, 3.8) is 0 Å². The number of pyridine rings is 1. The maximum absolute atomic E-state index is 8.91. The van der Waals surface area contributed by atoms with E-state index in [0.717, 1.165) is 34.9 Å². The van der Waals surface area contributed by atoms with Crippen molar-refractivity contribution < 1.29 is 9.84 Å². The van der Waals surface area contributed by atoms with Gasteiger partial charge in [-0.25, -0.2) is 9.97 Å². The van der Waals surface area contributed by atoms with Crippen LogP contribution in [0.5, 0.6) is 11.6 Å². The number of hydrogen-bond donors (Lipinski definition) is 2. The van der Waals surface area contributed by atoms with E-state index in [4.69, 9.17) is 9.84 Å². The van der Waals surface area contributed by atoms with Crippen molar-refractivity contribution in [2.24, 2.45) is 0 Å². The van der Waals surface area contributed by atoms with Gasteiger partial charge in [0.25, 0.3) is 0 Å². The highest BCUT2D eigenvalue weighted by molar-refractivity contribution is 7.22. The van der Waals surface area contributed by atoms with E-state index in [0.29, 0.717) is 5.88 Å². The normalized spacial score (nSPS) is 14.0. The molecule has 2 aromatic heterocycles. The first-order valence-corrected chi connectivity index (χ1v) is 11.1. The van der Waals surface area contributed by atoms with Crippen LogP contribution in [0, 0.1) is 0 Å². The lowest BCUT2D eigenvalue weighted by Crippen LogP contribution is -2.09. The standard InChI is InChI=1S/C18H13N3OS.C6H12O/c1-2-6-16-15(5-1)21-18(23-16)20-13-8-10-14(11-9-13)22-17-7-3-4-12-19-17;7-6-4-2-1-3-5-6/h1-12H,(H,20,21);6-7H,1-5H2. The minimum absolute atomic E-state index is 0.0359. The Kier molecular flexibility index (Phi) is 6.90. The van der Waals surface area contributed by atoms with E-state index < -0.39 is 0 Å². The Balaban J connectivity index is 0.000000265. The van der Waals surface area contributed by atoms with Gasteiger partial charge in [-0.15, -0.1) is 0 Å². The summed E-state index contributed by atoms with van der Waals surface area (Å²) in [6.45, 7) is 0. The Morgan fingerprint density at radius 2 is 1.67 bits per heavy atom. The zero-order valence-electron chi connectivity index (χ0n) is 16.7. The van der Waals surface area contributed by atoms with Crippen molar-refractivity contribution in [1.29, 1.82) is 0 Å². The Morgan fingerprint density at radius 3 is 2.33 bits per heavy atom. The minimum atomic E-state index is 0.0359. The molecule has 1 fully saturated rings. The van der Waals surface area contributed by atoms with Gasteiger partial charge in [-0.05, 0) is 55.3 Å². The number of anilines is 2. The van der Waals surface area contributed by atoms with Crippen LogP contribution in [-0.4, -0.2) is 21.2 Å². The van der Waals surface area contributed by atoms with Gasteiger partial charge in [0.2, 0.25) is 5.88 Å². The molecule has 4 aromatic rings. The molecule has 6 heteroatoms. The number of nitrogens with zero attached hydrogens (tertiary/aromatic N) is 2. The van der Waals surface area contributed by atoms with Gasteiger partial charge in [-0.3, -0.25) is 0 Å². The molecule has 2 N–H and O–H groups in total. The zero-order chi connectivity index (χ0) is 20.6. The fraction of sp³-hybridized carbons (Fsp3) is 0.250. The Bertz CT molecular complexity index is 1010. The van der Waals surface area contributed by atoms with Crippen molar-refractivity contribution in [2.45, 2.75) is 38.2 Å². The average Bonchev–Trinajstić information content (AvgIpc) is 3.19. The lowest BCUT2D eigenvalue weighted by atomic mass is 9.98. The van der Waals surface area contributed by atoms with Crippen LogP contribution in [-0.2, 0) is 0 Å². The fourth-order valence-electron chi connectivity index (χ4n) is 3.26. The number of fused-ring (bicyclic) bond motifs is 1. The molecule has 2 heterocycles. The lowest BCUT2D eigenvalue weighted by Gasteiger charge is -2.14. The largest absolute Gasteiger partial charge is 0.439 e. The second-order valence-electron chi connectivity index (χ2n) is 7.20. The number of benzene rings is 2. The molecule has 1 aliphatic carbocycles. The summed E-state index contributed by atoms with van der Waals surface area (Å²) in [5.41, 5.74) is 1.98. The number of ether oxygens (including phenoxy) is 1. The molecule has 154 valence electrons. The molecule has 0 spiro atoms. The summed E-state index contributed by atoms with van der Waals surface area (Å²) in [5.74, 6) is 1.33. The van der Waals surface area contributed by atoms with E-state index in [9.17, 15) is 0 Å². The second-order valence-corrected chi connectivity index (χ2v) is 8.23. The number of para-hydroxylation sites is 1. The second kappa shape index (κ2) is 10.2. The molecule has 2 aromatic carbocycles. The molecule has 5 rings (SSSR count). The zero-order valence-corrected chi connectivity index (χ0v) is 17.5. The molecule has 0 saturated heterocycles. The predicted octanol–water partition coefficient (Wildman–Crippen LogP) is 6.54. The van der Waals surface area contributed by atoms with Gasteiger partial charge in [0.1, 0.15) is 5.75 Å². The Hall–Kier alpha value is -2.96. The van der Waals surface area contributed by atoms with Crippen LogP contribution in [0.3, 0.4) is 0 Å². The summed E-state index contributed by atoms with van der Waals surface area (Å²) in [6.07, 6.45) is 7.63. The molecule has 1 saturated carbocycles. The van der Waals surface area contributed by atoms with Crippen LogP contribution in [0.4, 0.5) is 10.8 Å². The molecule has 30 heavy (non-hydrogen) atoms. The third-order valence-electron chi connectivity index (χ3n) is 4.83. The molecule has 5 nitrogen and oxygen atoms in total. The summed E-state index contributed by atoms with van der Waals surface area (Å²) in [4.78, 5) is 8.71. The van der Waals surface area contributed by atoms with Crippen molar-refractivity contribution >= 4 is 32.4 Å². The number of aliphatic hydroxyl groups is 1. The van der Waals surface area contributed by atoms with E-state index >= 15 is 0 Å². The van der Waals surface area contributed by atoms with Gasteiger partial charge in [0.05, 0.1) is 16.3 Å². The predicted molar refractivity (Wildman–Crippen MR) is 123 cm³/mol. The number of nitrogens with one attached hydrogen (secondary N) is 1. The molecule has 0 bridgehead atoms. The smallest absolute Gasteiger partial charge is 0.219 e. The van der Waals surface area contributed by atoms with E-state index in [1.54, 1.807) is 17.5 Å². The van der Waals surface area contributed by atoms with Gasteiger partial charge in [0, 0.05) is 18.0 Å². The minimum Gasteiger partial charge on any atom is -0.439 e. The highest BCUT2D eigenvalue weighted by Crippen LogP contribution is 2.29. The SMILES string of the molecule is OC1CCCCC1.c1ccc(Oc2ccc(Nc3nc4ccccc4s3)cc2)nc1. The highest BCUT2D eigenvalue weighted by atomic mass is 32.1. The Morgan fingerprint density at radius 1 is 0.900 bits per heavy atom. The summed E-state index contributed by atoms with van der Waals surface area (Å²) in [5, 5.41) is 13.1. The highest BCUT2D eigenvalue weighted by Gasteiger charge is 2.07. The van der Waals surface area contributed by atoms with Crippen molar-refractivity contribution in [2.75, 3.05) is 5.32 Å². The molecule has 0 amide bonds. The van der Waals surface area contributed by atoms with Gasteiger partial charge in [0.15, 0.2) is 5.13 Å². The van der Waals surface area contributed by atoms with Crippen molar-refractivity contribution in [3.8, 4) is 11.6 Å². The third-order valence-corrected chi connectivity index (χ3v) is 5.79. The summed E-state index contributed by atoms with van der Waals surface area (Å²) in [6, 6.07) is 21.4. The van der Waals surface area contributed by atoms with Gasteiger partial charge >= 0.3 is 0 Å². The quantitative estimate of drug-likeness (QED) is 0.393. The van der Waals surface area contributed by atoms with Crippen LogP contribution < -0.4 is 10.1 Å². The first-order chi connectivity index (χ1) is 14.8. The number of thiazole rings is 1. The first kappa shape index (κ1) is 20.3. The van der Waals surface area contributed by atoms with E-state index in [2.05, 4.69) is 21.4 Å². The van der Waals surface area contributed by atoms with Gasteiger partial charge in [-0.2, -0.15) is 0 Å². The topological polar surface area (TPSA) is 67.3 Å². The van der Waals surface area contributed by atoms with Crippen molar-refractivity contribution in [1.82, 2.24) is 9.97 Å². The van der Waals surface area contributed by atoms with Crippen LogP contribution in [0.2, 0.25) is 0 Å². The number of rotatable bonds is 4. The number of aliphatic hydroxyl groups excluding tert-OH is 1. The molecule has 0 unspecified atom stereocenters. The first-order valence-electron chi connectivity index (χ1n) is 10.3. The number of aromatic nitrogens is 2. The molecular weight excluding hydrogens is 394 g/mol. The fourth-order valence-corrected chi connectivity index (χ4v) is 4.15. The maximum Gasteiger partial charge on any atom is 0.219 e. The molecular formula is C24H25N3O2S. The van der Waals surface area contributed by atoms with E-state index in [1.165, 1.54) is 24.0 Å². The lowest BCUT2D eigenvalue weighted by molar-refractivity contribution is 0.130. The monoisotopic (exact) mass is 419 g/mol. The van der Waals surface area contributed by atoms with Crippen LogP contribution in [0.15, 0.2) is 72.9 Å². The van der Waals surface area contributed by atoms with Crippen LogP contribution in [0.1, 0.15) is 32.1 Å². The van der Waals surface area contributed by atoms with E-state index in [-0.39, 0.29) is 6.10 Å². The average molecular weight is 420 g/mol. The van der Waals surface area contributed by atoms with Gasteiger partial charge in [-0.1, -0.05) is 48.8 Å². The molecule has 1 aliphatic rings. The van der Waals surface area contributed by atoms with Crippen LogP contribution >= 0.6 is 11.3 Å². The third kappa shape index (κ3) is 5.78. The van der Waals surface area contributed by atoms with E-state index in [1.807, 2.05) is 60.7 Å². The molecule has 0 atom stereocenters. The summed E-state index contributed by atoms with van der Waals surface area (Å²) >= 11 is 1.64. The Labute approximate surface area is 180 Å². The van der Waals surface area contributed by atoms with Crippen LogP contribution in [0.25, 0.3) is 10.2 Å². The molecule has 0 aliphatic heterocycles. The molecule has 0 radical (unpaired) electrons.